The van der Waals surface area contributed by atoms with Crippen molar-refractivity contribution in [1.82, 2.24) is 14.8 Å². The van der Waals surface area contributed by atoms with Gasteiger partial charge in [-0.05, 0) is 61.3 Å². The van der Waals surface area contributed by atoms with Gasteiger partial charge in [0.05, 0.1) is 11.5 Å². The SMILES string of the molecule is CSc1ncccc1C(=O)N1CCC2(CC1)CCN(C(=O)[C@H]1[C@H]3[C@H]4C[C@@H]1C(=O)[C@H]43)C2. The van der Waals surface area contributed by atoms with Crippen molar-refractivity contribution in [1.29, 1.82) is 0 Å². The smallest absolute Gasteiger partial charge is 0.256 e. The maximum Gasteiger partial charge on any atom is 0.256 e. The minimum atomic E-state index is -0.0140. The quantitative estimate of drug-likeness (QED) is 0.696. The fraction of sp³-hybridized carbons (Fsp3) is 0.652. The molecule has 30 heavy (non-hydrogen) atoms. The highest BCUT2D eigenvalue weighted by molar-refractivity contribution is 7.98. The molecule has 4 bridgehead atoms. The summed E-state index contributed by atoms with van der Waals surface area (Å²) in [5.74, 6) is 1.83. The lowest BCUT2D eigenvalue weighted by molar-refractivity contribution is -0.138. The van der Waals surface area contributed by atoms with Gasteiger partial charge in [0.2, 0.25) is 5.91 Å². The zero-order chi connectivity index (χ0) is 20.6. The number of rotatable bonds is 3. The van der Waals surface area contributed by atoms with Gasteiger partial charge in [-0.15, -0.1) is 11.8 Å². The Morgan fingerprint density at radius 1 is 1.17 bits per heavy atom. The summed E-state index contributed by atoms with van der Waals surface area (Å²) in [6.07, 6.45) is 7.54. The predicted octanol–water partition coefficient (Wildman–Crippen LogP) is 2.34. The zero-order valence-corrected chi connectivity index (χ0v) is 18.1. The van der Waals surface area contributed by atoms with Crippen molar-refractivity contribution < 1.29 is 14.4 Å². The van der Waals surface area contributed by atoms with Gasteiger partial charge in [-0.25, -0.2) is 4.98 Å². The molecule has 6 aliphatic rings. The van der Waals surface area contributed by atoms with Gasteiger partial charge in [0.15, 0.2) is 0 Å². The number of amides is 2. The number of hydrogen-bond acceptors (Lipinski definition) is 5. The van der Waals surface area contributed by atoms with Crippen LogP contribution in [0.25, 0.3) is 0 Å². The van der Waals surface area contributed by atoms with Crippen molar-refractivity contribution in [2.75, 3.05) is 32.4 Å². The summed E-state index contributed by atoms with van der Waals surface area (Å²) < 4.78 is 0. The number of nitrogens with zero attached hydrogens (tertiary/aromatic N) is 3. The number of carbonyl (C=O) groups excluding carboxylic acids is 3. The predicted molar refractivity (Wildman–Crippen MR) is 112 cm³/mol. The number of piperidine rings is 1. The van der Waals surface area contributed by atoms with Crippen molar-refractivity contribution in [2.45, 2.75) is 30.7 Å². The molecule has 5 atom stereocenters. The fourth-order valence-electron chi connectivity index (χ4n) is 6.99. The third-order valence-corrected chi connectivity index (χ3v) is 9.35. The first-order valence-corrected chi connectivity index (χ1v) is 12.4. The molecule has 0 radical (unpaired) electrons. The van der Waals surface area contributed by atoms with Crippen LogP contribution in [-0.2, 0) is 9.59 Å². The Kier molecular flexibility index (Phi) is 4.12. The van der Waals surface area contributed by atoms with Crippen LogP contribution in [0.15, 0.2) is 23.4 Å². The van der Waals surface area contributed by atoms with Crippen LogP contribution in [0.4, 0.5) is 0 Å². The molecule has 0 unspecified atom stereocenters. The molecule has 4 aliphatic carbocycles. The molecule has 6 nitrogen and oxygen atoms in total. The highest BCUT2D eigenvalue weighted by Gasteiger charge is 2.75. The molecule has 6 fully saturated rings. The van der Waals surface area contributed by atoms with Crippen molar-refractivity contribution in [3.05, 3.63) is 23.9 Å². The van der Waals surface area contributed by atoms with E-state index < -0.39 is 0 Å². The molecule has 3 heterocycles. The Labute approximate surface area is 180 Å². The largest absolute Gasteiger partial charge is 0.342 e. The lowest BCUT2D eigenvalue weighted by Crippen LogP contribution is -2.45. The number of thioether (sulfide) groups is 1. The van der Waals surface area contributed by atoms with Gasteiger partial charge in [-0.3, -0.25) is 14.4 Å². The first kappa shape index (κ1) is 18.8. The minimum absolute atomic E-state index is 0.0140. The topological polar surface area (TPSA) is 70.6 Å². The summed E-state index contributed by atoms with van der Waals surface area (Å²) in [7, 11) is 0. The van der Waals surface area contributed by atoms with Crippen LogP contribution in [-0.4, -0.2) is 64.8 Å². The molecular formula is C23H27N3O3S. The number of carbonyl (C=O) groups is 3. The van der Waals surface area contributed by atoms with E-state index >= 15 is 0 Å². The maximum absolute atomic E-state index is 13.2. The third kappa shape index (κ3) is 2.57. The monoisotopic (exact) mass is 425 g/mol. The number of aromatic nitrogens is 1. The van der Waals surface area contributed by atoms with Gasteiger partial charge in [0.1, 0.15) is 10.8 Å². The molecule has 1 aromatic heterocycles. The number of likely N-dealkylation sites (tertiary alicyclic amines) is 2. The lowest BCUT2D eigenvalue weighted by atomic mass is 9.77. The van der Waals surface area contributed by atoms with Crippen molar-refractivity contribution in [3.63, 3.8) is 0 Å². The first-order valence-electron chi connectivity index (χ1n) is 11.1. The Morgan fingerprint density at radius 3 is 2.50 bits per heavy atom. The van der Waals surface area contributed by atoms with Crippen LogP contribution in [0.1, 0.15) is 36.0 Å². The molecule has 2 amide bonds. The average Bonchev–Trinajstić information content (AvgIpc) is 3.12. The molecule has 2 saturated heterocycles. The summed E-state index contributed by atoms with van der Waals surface area (Å²) >= 11 is 1.50. The molecule has 0 N–H and O–H groups in total. The second-order valence-electron chi connectivity index (χ2n) is 9.90. The van der Waals surface area contributed by atoms with E-state index in [1.54, 1.807) is 6.20 Å². The van der Waals surface area contributed by atoms with E-state index in [0.29, 0.717) is 23.2 Å². The molecule has 7 heteroatoms. The summed E-state index contributed by atoms with van der Waals surface area (Å²) in [6, 6.07) is 3.68. The summed E-state index contributed by atoms with van der Waals surface area (Å²) in [5.41, 5.74) is 0.825. The molecule has 2 aliphatic heterocycles. The fourth-order valence-corrected chi connectivity index (χ4v) is 7.53. The molecule has 1 spiro atoms. The Balaban J connectivity index is 1.09. The maximum atomic E-state index is 13.2. The zero-order valence-electron chi connectivity index (χ0n) is 17.3. The van der Waals surface area contributed by atoms with Gasteiger partial charge in [-0.1, -0.05) is 0 Å². The van der Waals surface area contributed by atoms with E-state index in [4.69, 9.17) is 0 Å². The number of hydrogen-bond donors (Lipinski definition) is 0. The van der Waals surface area contributed by atoms with Crippen LogP contribution >= 0.6 is 11.8 Å². The number of Topliss-reactive ketones (excluding diaryl/α,β-unsaturated/α-hetero) is 1. The summed E-state index contributed by atoms with van der Waals surface area (Å²) in [5, 5.41) is 0.781. The van der Waals surface area contributed by atoms with Crippen LogP contribution in [0.3, 0.4) is 0 Å². The van der Waals surface area contributed by atoms with Crippen LogP contribution in [0, 0.1) is 35.0 Å². The highest BCUT2D eigenvalue weighted by Crippen LogP contribution is 2.71. The van der Waals surface area contributed by atoms with E-state index in [9.17, 15) is 14.4 Å². The molecular weight excluding hydrogens is 398 g/mol. The number of pyridine rings is 1. The van der Waals surface area contributed by atoms with Crippen LogP contribution in [0.5, 0.6) is 0 Å². The molecule has 0 aromatic carbocycles. The Morgan fingerprint density at radius 2 is 1.90 bits per heavy atom. The highest BCUT2D eigenvalue weighted by atomic mass is 32.2. The van der Waals surface area contributed by atoms with Crippen molar-refractivity contribution >= 4 is 29.4 Å². The second kappa shape index (κ2) is 6.55. The van der Waals surface area contributed by atoms with E-state index in [0.717, 1.165) is 56.9 Å². The van der Waals surface area contributed by atoms with E-state index in [1.807, 2.05) is 23.3 Å². The van der Waals surface area contributed by atoms with Crippen LogP contribution < -0.4 is 0 Å². The van der Waals surface area contributed by atoms with Gasteiger partial charge in [-0.2, -0.15) is 0 Å². The van der Waals surface area contributed by atoms with Crippen molar-refractivity contribution in [2.24, 2.45) is 35.0 Å². The van der Waals surface area contributed by atoms with E-state index in [2.05, 4.69) is 9.88 Å². The molecule has 4 saturated carbocycles. The number of ketones is 1. The van der Waals surface area contributed by atoms with Crippen LogP contribution in [0.2, 0.25) is 0 Å². The van der Waals surface area contributed by atoms with Gasteiger partial charge in [0.25, 0.3) is 5.91 Å². The van der Waals surface area contributed by atoms with Crippen molar-refractivity contribution in [3.8, 4) is 0 Å². The van der Waals surface area contributed by atoms with E-state index in [-0.39, 0.29) is 35.0 Å². The van der Waals surface area contributed by atoms with E-state index in [1.165, 1.54) is 11.8 Å². The summed E-state index contributed by atoms with van der Waals surface area (Å²) in [6.45, 7) is 3.09. The molecule has 1 aromatic rings. The lowest BCUT2D eigenvalue weighted by Gasteiger charge is -2.39. The second-order valence-corrected chi connectivity index (χ2v) is 10.7. The molecule has 158 valence electrons. The third-order valence-electron chi connectivity index (χ3n) is 8.64. The van der Waals surface area contributed by atoms with Gasteiger partial charge >= 0.3 is 0 Å². The molecule has 7 rings (SSSR count). The average molecular weight is 426 g/mol. The van der Waals surface area contributed by atoms with Gasteiger partial charge < -0.3 is 9.80 Å². The first-order chi connectivity index (χ1) is 14.5. The summed E-state index contributed by atoms with van der Waals surface area (Å²) in [4.78, 5) is 46.8. The van der Waals surface area contributed by atoms with Gasteiger partial charge in [0, 0.05) is 44.2 Å². The normalized spacial score (nSPS) is 35.4. The Bertz CT molecular complexity index is 941. The minimum Gasteiger partial charge on any atom is -0.342 e. The standard InChI is InChI=1S/C23H27N3O3S/c1-30-20-13(3-2-7-24-20)21(28)25-8-4-23(5-9-25)6-10-26(12-23)22(29)18-15-11-14-16(18)17(14)19(15)27/h2-3,7,14-18H,4-6,8-12H2,1H3/t14-,15+,16+,17-,18-/m1/s1. The Hall–Kier alpha value is -1.89.